The highest BCUT2D eigenvalue weighted by molar-refractivity contribution is 5.96. The van der Waals surface area contributed by atoms with E-state index in [2.05, 4.69) is 10.6 Å². The largest absolute Gasteiger partial charge is 0.480 e. The molecule has 12 heteroatoms. The molecule has 1 fully saturated rings. The maximum Gasteiger partial charge on any atom is 0.326 e. The van der Waals surface area contributed by atoms with Gasteiger partial charge in [-0.2, -0.15) is 0 Å². The van der Waals surface area contributed by atoms with Crippen molar-refractivity contribution in [2.75, 3.05) is 13.1 Å². The highest BCUT2D eigenvalue weighted by atomic mass is 16.4. The quantitative estimate of drug-likeness (QED) is 0.162. The monoisotopic (exact) mass is 470 g/mol. The Kier molecular flexibility index (Phi) is 11.8. The summed E-state index contributed by atoms with van der Waals surface area (Å²) < 4.78 is 0. The van der Waals surface area contributed by atoms with Gasteiger partial charge in [0, 0.05) is 6.54 Å². The summed E-state index contributed by atoms with van der Waals surface area (Å²) in [7, 11) is 0. The van der Waals surface area contributed by atoms with Crippen molar-refractivity contribution < 1.29 is 29.1 Å². The summed E-state index contributed by atoms with van der Waals surface area (Å²) in [6.45, 7) is 4.31. The molecular weight excluding hydrogens is 432 g/mol. The van der Waals surface area contributed by atoms with E-state index in [0.717, 1.165) is 0 Å². The predicted octanol–water partition coefficient (Wildman–Crippen LogP) is -1.59. The van der Waals surface area contributed by atoms with Crippen LogP contribution in [0.25, 0.3) is 0 Å². The van der Waals surface area contributed by atoms with Crippen LogP contribution in [0, 0.1) is 5.92 Å². The van der Waals surface area contributed by atoms with Crippen LogP contribution < -0.4 is 27.8 Å². The number of carbonyl (C=O) groups is 5. The van der Waals surface area contributed by atoms with Gasteiger partial charge in [-0.15, -0.1) is 0 Å². The Labute approximate surface area is 194 Å². The molecule has 9 N–H and O–H groups in total. The molecule has 0 radical (unpaired) electrons. The minimum absolute atomic E-state index is 0.156. The summed E-state index contributed by atoms with van der Waals surface area (Å²) in [5.74, 6) is -3.98. The summed E-state index contributed by atoms with van der Waals surface area (Å²) in [5, 5.41) is 14.4. The third-order valence-electron chi connectivity index (χ3n) is 5.98. The van der Waals surface area contributed by atoms with Gasteiger partial charge in [0.15, 0.2) is 0 Å². The number of aliphatic carboxylic acids is 1. The molecule has 0 bridgehead atoms. The first kappa shape index (κ1) is 28.3. The van der Waals surface area contributed by atoms with Crippen LogP contribution in [0.15, 0.2) is 0 Å². The lowest BCUT2D eigenvalue weighted by Crippen LogP contribution is -2.58. The number of carboxylic acids is 1. The number of amides is 4. The van der Waals surface area contributed by atoms with E-state index in [1.54, 1.807) is 6.92 Å². The van der Waals surface area contributed by atoms with Crippen molar-refractivity contribution >= 4 is 29.6 Å². The molecule has 188 valence electrons. The number of nitrogens with one attached hydrogen (secondary N) is 2. The first-order valence-electron chi connectivity index (χ1n) is 11.4. The second kappa shape index (κ2) is 13.7. The number of carboxylic acid groups (broad SMARTS) is 1. The van der Waals surface area contributed by atoms with Gasteiger partial charge in [0.1, 0.15) is 18.1 Å². The van der Waals surface area contributed by atoms with Crippen LogP contribution in [0.4, 0.5) is 0 Å². The fourth-order valence-corrected chi connectivity index (χ4v) is 3.70. The van der Waals surface area contributed by atoms with E-state index >= 15 is 0 Å². The van der Waals surface area contributed by atoms with Crippen molar-refractivity contribution in [3.8, 4) is 0 Å². The van der Waals surface area contributed by atoms with Crippen molar-refractivity contribution in [2.24, 2.45) is 23.1 Å². The number of hydrogen-bond acceptors (Lipinski definition) is 7. The van der Waals surface area contributed by atoms with E-state index in [4.69, 9.17) is 17.2 Å². The lowest BCUT2D eigenvalue weighted by molar-refractivity contribution is -0.149. The Morgan fingerprint density at radius 2 is 1.73 bits per heavy atom. The molecule has 5 atom stereocenters. The predicted molar refractivity (Wildman–Crippen MR) is 120 cm³/mol. The Balaban J connectivity index is 3.01. The molecule has 1 heterocycles. The minimum atomic E-state index is -1.32. The molecule has 1 aliphatic heterocycles. The zero-order valence-electron chi connectivity index (χ0n) is 19.4. The van der Waals surface area contributed by atoms with Crippen LogP contribution in [-0.2, 0) is 24.0 Å². The van der Waals surface area contributed by atoms with Crippen molar-refractivity contribution in [3.63, 3.8) is 0 Å². The van der Waals surface area contributed by atoms with Gasteiger partial charge in [0.2, 0.25) is 23.6 Å². The maximum atomic E-state index is 13.1. The number of likely N-dealkylation sites (tertiary alicyclic amines) is 1. The molecule has 4 amide bonds. The fourth-order valence-electron chi connectivity index (χ4n) is 3.70. The molecule has 12 nitrogen and oxygen atoms in total. The zero-order valence-corrected chi connectivity index (χ0v) is 19.4. The van der Waals surface area contributed by atoms with Crippen LogP contribution >= 0.6 is 0 Å². The van der Waals surface area contributed by atoms with Gasteiger partial charge in [-0.05, 0) is 44.6 Å². The molecule has 1 aliphatic rings. The second-order valence-corrected chi connectivity index (χ2v) is 8.52. The van der Waals surface area contributed by atoms with Gasteiger partial charge in [-0.1, -0.05) is 20.3 Å². The second-order valence-electron chi connectivity index (χ2n) is 8.52. The Hall–Kier alpha value is -2.73. The van der Waals surface area contributed by atoms with Crippen LogP contribution in [0.3, 0.4) is 0 Å². The first-order chi connectivity index (χ1) is 15.5. The average Bonchev–Trinajstić information content (AvgIpc) is 3.26. The first-order valence-corrected chi connectivity index (χ1v) is 11.4. The topological polar surface area (TPSA) is 211 Å². The van der Waals surface area contributed by atoms with Crippen LogP contribution in [0.5, 0.6) is 0 Å². The minimum Gasteiger partial charge on any atom is -0.480 e. The van der Waals surface area contributed by atoms with E-state index in [0.29, 0.717) is 38.6 Å². The molecule has 0 aromatic carbocycles. The summed E-state index contributed by atoms with van der Waals surface area (Å²) >= 11 is 0. The molecule has 0 saturated carbocycles. The van der Waals surface area contributed by atoms with E-state index in [-0.39, 0.29) is 18.9 Å². The van der Waals surface area contributed by atoms with Gasteiger partial charge < -0.3 is 37.8 Å². The molecule has 0 aliphatic carbocycles. The Morgan fingerprint density at radius 3 is 2.27 bits per heavy atom. The van der Waals surface area contributed by atoms with Crippen molar-refractivity contribution in [1.29, 1.82) is 0 Å². The van der Waals surface area contributed by atoms with E-state index in [9.17, 15) is 29.1 Å². The molecule has 1 saturated heterocycles. The van der Waals surface area contributed by atoms with E-state index < -0.39 is 60.2 Å². The van der Waals surface area contributed by atoms with Gasteiger partial charge in [-0.3, -0.25) is 19.2 Å². The average molecular weight is 471 g/mol. The molecule has 1 rings (SSSR count). The fraction of sp³-hybridized carbons (Fsp3) is 0.762. The third-order valence-corrected chi connectivity index (χ3v) is 5.98. The number of nitrogens with zero attached hydrogens (tertiary/aromatic N) is 1. The van der Waals surface area contributed by atoms with Crippen molar-refractivity contribution in [2.45, 2.75) is 83.0 Å². The molecule has 0 aromatic heterocycles. The number of nitrogens with two attached hydrogens (primary N) is 3. The summed E-state index contributed by atoms with van der Waals surface area (Å²) in [4.78, 5) is 62.8. The molecule has 33 heavy (non-hydrogen) atoms. The smallest absolute Gasteiger partial charge is 0.326 e. The van der Waals surface area contributed by atoms with Crippen molar-refractivity contribution in [3.05, 3.63) is 0 Å². The lowest BCUT2D eigenvalue weighted by atomic mass is 9.98. The zero-order chi connectivity index (χ0) is 25.1. The Bertz CT molecular complexity index is 717. The number of primary amides is 1. The van der Waals surface area contributed by atoms with Crippen LogP contribution in [-0.4, -0.2) is 76.9 Å². The maximum absolute atomic E-state index is 13.1. The van der Waals surface area contributed by atoms with Crippen LogP contribution in [0.1, 0.15) is 58.8 Å². The van der Waals surface area contributed by atoms with E-state index in [1.165, 1.54) is 4.90 Å². The van der Waals surface area contributed by atoms with Gasteiger partial charge in [0.25, 0.3) is 0 Å². The van der Waals surface area contributed by atoms with Gasteiger partial charge >= 0.3 is 5.97 Å². The third kappa shape index (κ3) is 8.61. The Morgan fingerprint density at radius 1 is 1.09 bits per heavy atom. The standard InChI is InChI=1S/C21H38N6O6/c1-3-12(2)17(24)19(30)26-14(11-16(23)28)18(29)25-13(7-4-5-9-22)20(31)27-10-6-8-15(27)21(32)33/h12-15,17H,3-11,22,24H2,1-2H3,(H2,23,28)(H,25,29)(H,26,30)(H,32,33). The SMILES string of the molecule is CCC(C)C(N)C(=O)NC(CC(N)=O)C(=O)NC(CCCCN)C(=O)N1CCCC1C(=O)O. The molecule has 5 unspecified atom stereocenters. The van der Waals surface area contributed by atoms with Gasteiger partial charge in [-0.25, -0.2) is 4.79 Å². The molecule has 0 aromatic rings. The van der Waals surface area contributed by atoms with Crippen LogP contribution in [0.2, 0.25) is 0 Å². The highest BCUT2D eigenvalue weighted by Crippen LogP contribution is 2.20. The van der Waals surface area contributed by atoms with Gasteiger partial charge in [0.05, 0.1) is 12.5 Å². The molecule has 0 spiro atoms. The number of carbonyl (C=O) groups excluding carboxylic acids is 4. The summed E-state index contributed by atoms with van der Waals surface area (Å²) in [6, 6.07) is -4.19. The highest BCUT2D eigenvalue weighted by Gasteiger charge is 2.38. The lowest BCUT2D eigenvalue weighted by Gasteiger charge is -2.29. The normalized spacial score (nSPS) is 19.3. The van der Waals surface area contributed by atoms with Crippen molar-refractivity contribution in [1.82, 2.24) is 15.5 Å². The summed E-state index contributed by atoms with van der Waals surface area (Å²) in [6.07, 6.45) is 2.39. The number of hydrogen-bond donors (Lipinski definition) is 6. The van der Waals surface area contributed by atoms with E-state index in [1.807, 2.05) is 6.92 Å². The summed E-state index contributed by atoms with van der Waals surface area (Å²) in [5.41, 5.74) is 16.7. The number of rotatable bonds is 14. The number of unbranched alkanes of at least 4 members (excludes halogenated alkanes) is 1. The molecular formula is C21H38N6O6.